The molecule has 0 saturated heterocycles. The van der Waals surface area contributed by atoms with E-state index in [1.165, 1.54) is 19.2 Å². The maximum absolute atomic E-state index is 11.7. The third-order valence-electron chi connectivity index (χ3n) is 2.43. The number of carbonyl (C=O) groups is 1. The van der Waals surface area contributed by atoms with Crippen molar-refractivity contribution in [1.82, 2.24) is 15.1 Å². The zero-order chi connectivity index (χ0) is 12.8. The van der Waals surface area contributed by atoms with Crippen LogP contribution in [-0.4, -0.2) is 33.9 Å². The lowest BCUT2D eigenvalue weighted by Crippen LogP contribution is -2.31. The third kappa shape index (κ3) is 3.99. The van der Waals surface area contributed by atoms with E-state index in [9.17, 15) is 9.59 Å². The van der Waals surface area contributed by atoms with E-state index in [2.05, 4.69) is 10.4 Å². The van der Waals surface area contributed by atoms with Crippen molar-refractivity contribution in [2.24, 2.45) is 13.0 Å². The van der Waals surface area contributed by atoms with Crippen LogP contribution >= 0.6 is 0 Å². The zero-order valence-corrected chi connectivity index (χ0v) is 10.0. The first-order chi connectivity index (χ1) is 8.04. The van der Waals surface area contributed by atoms with Crippen LogP contribution in [0.3, 0.4) is 0 Å². The summed E-state index contributed by atoms with van der Waals surface area (Å²) in [5.74, 6) is -0.109. The Morgan fingerprint density at radius 2 is 2.29 bits per heavy atom. The van der Waals surface area contributed by atoms with Gasteiger partial charge in [0.1, 0.15) is 5.69 Å². The van der Waals surface area contributed by atoms with E-state index >= 15 is 0 Å². The summed E-state index contributed by atoms with van der Waals surface area (Å²) in [7, 11) is 1.49. The van der Waals surface area contributed by atoms with Gasteiger partial charge in [0, 0.05) is 26.3 Å². The first-order valence-corrected chi connectivity index (χ1v) is 5.48. The first kappa shape index (κ1) is 13.4. The predicted molar refractivity (Wildman–Crippen MR) is 62.7 cm³/mol. The highest BCUT2D eigenvalue weighted by molar-refractivity contribution is 5.91. The normalized spacial score (nSPS) is 12.2. The van der Waals surface area contributed by atoms with E-state index in [1.54, 1.807) is 0 Å². The second-order valence-electron chi connectivity index (χ2n) is 4.01. The van der Waals surface area contributed by atoms with Crippen molar-refractivity contribution in [3.63, 3.8) is 0 Å². The first-order valence-electron chi connectivity index (χ1n) is 5.48. The molecular weight excluding hydrogens is 222 g/mol. The Balaban J connectivity index is 2.58. The summed E-state index contributed by atoms with van der Waals surface area (Å²) in [5, 5.41) is 15.3. The van der Waals surface area contributed by atoms with Gasteiger partial charge in [0.15, 0.2) is 0 Å². The molecule has 17 heavy (non-hydrogen) atoms. The summed E-state index contributed by atoms with van der Waals surface area (Å²) < 4.78 is 1.12. The molecule has 1 aromatic rings. The van der Waals surface area contributed by atoms with Gasteiger partial charge in [0.05, 0.1) is 0 Å². The van der Waals surface area contributed by atoms with Crippen molar-refractivity contribution in [2.75, 3.05) is 13.2 Å². The molecule has 0 aliphatic rings. The fraction of sp³-hybridized carbons (Fsp3) is 0.545. The number of hydrogen-bond donors (Lipinski definition) is 2. The molecule has 1 amide bonds. The lowest BCUT2D eigenvalue weighted by molar-refractivity contribution is 0.0938. The molecule has 94 valence electrons. The Hall–Kier alpha value is -1.69. The highest BCUT2D eigenvalue weighted by Gasteiger charge is 2.09. The molecule has 0 fully saturated rings. The van der Waals surface area contributed by atoms with Crippen LogP contribution < -0.4 is 10.9 Å². The molecule has 1 heterocycles. The molecule has 0 aliphatic carbocycles. The van der Waals surface area contributed by atoms with Crippen LogP contribution in [0.15, 0.2) is 16.9 Å². The third-order valence-corrected chi connectivity index (χ3v) is 2.43. The van der Waals surface area contributed by atoms with E-state index < -0.39 is 0 Å². The molecule has 0 bridgehead atoms. The maximum Gasteiger partial charge on any atom is 0.271 e. The van der Waals surface area contributed by atoms with Crippen molar-refractivity contribution in [1.29, 1.82) is 0 Å². The summed E-state index contributed by atoms with van der Waals surface area (Å²) >= 11 is 0. The molecule has 1 rings (SSSR count). The van der Waals surface area contributed by atoms with Crippen LogP contribution in [0.2, 0.25) is 0 Å². The molecule has 0 aliphatic heterocycles. The van der Waals surface area contributed by atoms with E-state index in [1.807, 2.05) is 6.92 Å². The fourth-order valence-electron chi connectivity index (χ4n) is 1.30. The predicted octanol–water partition coefficient (Wildman–Crippen LogP) is -0.471. The molecule has 6 nitrogen and oxygen atoms in total. The Morgan fingerprint density at radius 1 is 1.59 bits per heavy atom. The Labute approximate surface area is 99.3 Å². The highest BCUT2D eigenvalue weighted by Crippen LogP contribution is 1.99. The van der Waals surface area contributed by atoms with Crippen LogP contribution in [0.4, 0.5) is 0 Å². The van der Waals surface area contributed by atoms with Crippen LogP contribution in [-0.2, 0) is 7.05 Å². The molecule has 1 atom stereocenters. The van der Waals surface area contributed by atoms with Crippen LogP contribution in [0.5, 0.6) is 0 Å². The minimum absolute atomic E-state index is 0.106. The number of amides is 1. The number of aryl methyl sites for hydroxylation is 1. The minimum atomic E-state index is -0.314. The standard InChI is InChI=1S/C11H17N3O3/c1-8(5-6-15)7-12-11(17)9-3-4-10(16)14(2)13-9/h3-4,8,15H,5-7H2,1-2H3,(H,12,17). The van der Waals surface area contributed by atoms with Gasteiger partial charge in [-0.25, -0.2) is 4.68 Å². The average Bonchev–Trinajstić information content (AvgIpc) is 2.30. The largest absolute Gasteiger partial charge is 0.396 e. The number of carbonyl (C=O) groups excluding carboxylic acids is 1. The van der Waals surface area contributed by atoms with Crippen molar-refractivity contribution < 1.29 is 9.90 Å². The number of nitrogens with zero attached hydrogens (tertiary/aromatic N) is 2. The average molecular weight is 239 g/mol. The number of nitrogens with one attached hydrogen (secondary N) is 1. The Morgan fingerprint density at radius 3 is 2.88 bits per heavy atom. The Kier molecular flexibility index (Phi) is 4.84. The maximum atomic E-state index is 11.7. The minimum Gasteiger partial charge on any atom is -0.396 e. The summed E-state index contributed by atoms with van der Waals surface area (Å²) in [6, 6.07) is 2.70. The summed E-state index contributed by atoms with van der Waals surface area (Å²) in [5.41, 5.74) is -0.0431. The van der Waals surface area contributed by atoms with E-state index in [4.69, 9.17) is 5.11 Å². The molecule has 6 heteroatoms. The van der Waals surface area contributed by atoms with Crippen LogP contribution in [0.1, 0.15) is 23.8 Å². The quantitative estimate of drug-likeness (QED) is 0.727. The van der Waals surface area contributed by atoms with Crippen LogP contribution in [0.25, 0.3) is 0 Å². The molecule has 0 spiro atoms. The molecule has 0 saturated carbocycles. The number of aliphatic hydroxyl groups excluding tert-OH is 1. The summed E-state index contributed by atoms with van der Waals surface area (Å²) in [4.78, 5) is 22.8. The lowest BCUT2D eigenvalue weighted by atomic mass is 10.1. The lowest BCUT2D eigenvalue weighted by Gasteiger charge is -2.10. The smallest absolute Gasteiger partial charge is 0.271 e. The van der Waals surface area contributed by atoms with Crippen molar-refractivity contribution in [2.45, 2.75) is 13.3 Å². The van der Waals surface area contributed by atoms with Gasteiger partial charge in [0.2, 0.25) is 0 Å². The van der Waals surface area contributed by atoms with Gasteiger partial charge in [-0.3, -0.25) is 9.59 Å². The molecule has 1 unspecified atom stereocenters. The van der Waals surface area contributed by atoms with Gasteiger partial charge >= 0.3 is 0 Å². The van der Waals surface area contributed by atoms with Crippen molar-refractivity contribution in [3.05, 3.63) is 28.2 Å². The number of hydrogen-bond acceptors (Lipinski definition) is 4. The molecule has 2 N–H and O–H groups in total. The molecule has 0 radical (unpaired) electrons. The zero-order valence-electron chi connectivity index (χ0n) is 10.0. The van der Waals surface area contributed by atoms with Crippen molar-refractivity contribution in [3.8, 4) is 0 Å². The van der Waals surface area contributed by atoms with E-state index in [0.717, 1.165) is 4.68 Å². The number of aromatic nitrogens is 2. The summed E-state index contributed by atoms with van der Waals surface area (Å²) in [6.07, 6.45) is 0.640. The van der Waals surface area contributed by atoms with E-state index in [-0.39, 0.29) is 29.7 Å². The number of aliphatic hydroxyl groups is 1. The van der Waals surface area contributed by atoms with Gasteiger partial charge in [-0.05, 0) is 18.4 Å². The van der Waals surface area contributed by atoms with Gasteiger partial charge in [-0.15, -0.1) is 0 Å². The van der Waals surface area contributed by atoms with Gasteiger partial charge in [0.25, 0.3) is 11.5 Å². The van der Waals surface area contributed by atoms with E-state index in [0.29, 0.717) is 13.0 Å². The van der Waals surface area contributed by atoms with Crippen LogP contribution in [0, 0.1) is 5.92 Å². The second-order valence-corrected chi connectivity index (χ2v) is 4.01. The van der Waals surface area contributed by atoms with Gasteiger partial charge in [-0.1, -0.05) is 6.92 Å². The summed E-state index contributed by atoms with van der Waals surface area (Å²) in [6.45, 7) is 2.52. The fourth-order valence-corrected chi connectivity index (χ4v) is 1.30. The highest BCUT2D eigenvalue weighted by atomic mass is 16.3. The van der Waals surface area contributed by atoms with Crippen molar-refractivity contribution >= 4 is 5.91 Å². The second kappa shape index (κ2) is 6.15. The monoisotopic (exact) mass is 239 g/mol. The molecule has 0 aromatic carbocycles. The van der Waals surface area contributed by atoms with Gasteiger partial charge in [-0.2, -0.15) is 5.10 Å². The molecule has 1 aromatic heterocycles. The molecular formula is C11H17N3O3. The van der Waals surface area contributed by atoms with Gasteiger partial charge < -0.3 is 10.4 Å². The number of rotatable bonds is 5. The SMILES string of the molecule is CC(CCO)CNC(=O)c1ccc(=O)n(C)n1. The Bertz CT molecular complexity index is 442. The topological polar surface area (TPSA) is 84.2 Å².